The summed E-state index contributed by atoms with van der Waals surface area (Å²) >= 11 is 0. The monoisotopic (exact) mass is 432 g/mol. The number of allylic oxidation sites excluding steroid dienone is 1. The minimum atomic E-state index is -4.02. The molecule has 6 nitrogen and oxygen atoms in total. The third-order valence-electron chi connectivity index (χ3n) is 7.41. The van der Waals surface area contributed by atoms with Crippen LogP contribution in [0.5, 0.6) is 5.75 Å². The lowest BCUT2D eigenvalue weighted by Crippen LogP contribution is -2.44. The molecule has 4 atom stereocenters. The number of carbonyl (C=O) groups excluding carboxylic acids is 1. The van der Waals surface area contributed by atoms with Crippen LogP contribution in [0.3, 0.4) is 0 Å². The standard InChI is InChI=1S/C23H32N2O4S/c1-14(2)13-25-22(26)21-9-8-20-19-6-4-15-12-16(29-30(24,27)28)5-7-17(15)18(19)10-11-23(20,21)3/h5,7,9,12,14,18-20H,4,6,8,10-11,13H2,1-3H3,(H,25,26)(H2,24,27,28). The normalized spacial score (nSPS) is 30.2. The Morgan fingerprint density at radius 3 is 2.80 bits per heavy atom. The molecule has 1 saturated carbocycles. The lowest BCUT2D eigenvalue weighted by Gasteiger charge is -2.50. The molecule has 0 aliphatic heterocycles. The van der Waals surface area contributed by atoms with E-state index in [0.717, 1.165) is 43.2 Å². The average molecular weight is 433 g/mol. The van der Waals surface area contributed by atoms with Crippen LogP contribution in [0.4, 0.5) is 0 Å². The molecule has 7 heteroatoms. The number of hydrogen-bond donors (Lipinski definition) is 2. The Bertz CT molecular complexity index is 985. The number of rotatable bonds is 5. The summed E-state index contributed by atoms with van der Waals surface area (Å²) < 4.78 is 27.4. The van der Waals surface area contributed by atoms with E-state index in [9.17, 15) is 13.2 Å². The van der Waals surface area contributed by atoms with E-state index in [-0.39, 0.29) is 17.1 Å². The van der Waals surface area contributed by atoms with Crippen LogP contribution in [0.25, 0.3) is 0 Å². The summed E-state index contributed by atoms with van der Waals surface area (Å²) in [6.45, 7) is 7.20. The van der Waals surface area contributed by atoms with Gasteiger partial charge in [0.05, 0.1) is 0 Å². The molecule has 0 aromatic heterocycles. The summed E-state index contributed by atoms with van der Waals surface area (Å²) in [6.07, 6.45) is 7.11. The first-order chi connectivity index (χ1) is 14.1. The number of fused-ring (bicyclic) bond motifs is 5. The highest BCUT2D eigenvalue weighted by Crippen LogP contribution is 2.61. The molecule has 3 N–H and O–H groups in total. The maximum Gasteiger partial charge on any atom is 0.380 e. The largest absolute Gasteiger partial charge is 0.380 e. The second kappa shape index (κ2) is 7.68. The molecule has 1 aromatic rings. The minimum absolute atomic E-state index is 0.0591. The first kappa shape index (κ1) is 21.4. The molecule has 4 unspecified atom stereocenters. The molecule has 3 aliphatic rings. The van der Waals surface area contributed by atoms with Crippen LogP contribution < -0.4 is 14.6 Å². The summed E-state index contributed by atoms with van der Waals surface area (Å²) in [5, 5.41) is 8.12. The summed E-state index contributed by atoms with van der Waals surface area (Å²) in [6, 6.07) is 5.53. The van der Waals surface area contributed by atoms with Crippen molar-refractivity contribution in [1.29, 1.82) is 0 Å². The van der Waals surface area contributed by atoms with Crippen LogP contribution >= 0.6 is 0 Å². The van der Waals surface area contributed by atoms with Gasteiger partial charge in [-0.1, -0.05) is 32.9 Å². The number of carbonyl (C=O) groups is 1. The Balaban J connectivity index is 1.54. The molecule has 0 heterocycles. The minimum Gasteiger partial charge on any atom is -0.371 e. The van der Waals surface area contributed by atoms with Crippen molar-refractivity contribution in [2.45, 2.75) is 58.8 Å². The van der Waals surface area contributed by atoms with Gasteiger partial charge >= 0.3 is 10.3 Å². The fourth-order valence-electron chi connectivity index (χ4n) is 6.06. The average Bonchev–Trinajstić information content (AvgIpc) is 3.01. The van der Waals surface area contributed by atoms with Gasteiger partial charge in [0, 0.05) is 17.5 Å². The zero-order valence-electron chi connectivity index (χ0n) is 18.0. The van der Waals surface area contributed by atoms with Gasteiger partial charge in [-0.2, -0.15) is 13.6 Å². The second-order valence-electron chi connectivity index (χ2n) is 9.77. The van der Waals surface area contributed by atoms with E-state index in [1.165, 1.54) is 5.56 Å². The van der Waals surface area contributed by atoms with Crippen molar-refractivity contribution >= 4 is 16.2 Å². The Hall–Kier alpha value is -1.86. The van der Waals surface area contributed by atoms with Gasteiger partial charge in [-0.15, -0.1) is 0 Å². The van der Waals surface area contributed by atoms with Crippen molar-refractivity contribution in [3.8, 4) is 5.75 Å². The van der Waals surface area contributed by atoms with Crippen LogP contribution in [0.2, 0.25) is 0 Å². The molecule has 0 spiro atoms. The van der Waals surface area contributed by atoms with Crippen LogP contribution in [0.15, 0.2) is 29.8 Å². The van der Waals surface area contributed by atoms with E-state index in [1.54, 1.807) is 6.07 Å². The van der Waals surface area contributed by atoms with Gasteiger partial charge in [0.25, 0.3) is 0 Å². The van der Waals surface area contributed by atoms with E-state index in [1.807, 2.05) is 12.1 Å². The summed E-state index contributed by atoms with van der Waals surface area (Å²) in [5.41, 5.74) is 3.38. The zero-order chi connectivity index (χ0) is 21.7. The number of amides is 1. The fourth-order valence-corrected chi connectivity index (χ4v) is 6.43. The van der Waals surface area contributed by atoms with Gasteiger partial charge in [0.15, 0.2) is 0 Å². The molecule has 1 aromatic carbocycles. The molecule has 1 fully saturated rings. The van der Waals surface area contributed by atoms with Gasteiger partial charge in [-0.25, -0.2) is 0 Å². The Morgan fingerprint density at radius 1 is 1.33 bits per heavy atom. The molecular formula is C23H32N2O4S. The van der Waals surface area contributed by atoms with Crippen molar-refractivity contribution in [2.24, 2.45) is 28.3 Å². The number of aryl methyl sites for hydroxylation is 1. The van der Waals surface area contributed by atoms with Crippen molar-refractivity contribution in [2.75, 3.05) is 6.54 Å². The van der Waals surface area contributed by atoms with E-state index >= 15 is 0 Å². The maximum absolute atomic E-state index is 12.9. The molecule has 164 valence electrons. The van der Waals surface area contributed by atoms with Crippen LogP contribution in [0, 0.1) is 23.2 Å². The van der Waals surface area contributed by atoms with Crippen LogP contribution in [-0.4, -0.2) is 20.9 Å². The van der Waals surface area contributed by atoms with Crippen molar-refractivity contribution < 1.29 is 17.4 Å². The third kappa shape index (κ3) is 3.89. The summed E-state index contributed by atoms with van der Waals surface area (Å²) in [5.74, 6) is 2.28. The van der Waals surface area contributed by atoms with Gasteiger partial charge < -0.3 is 9.50 Å². The molecule has 30 heavy (non-hydrogen) atoms. The van der Waals surface area contributed by atoms with E-state index in [2.05, 4.69) is 32.2 Å². The van der Waals surface area contributed by atoms with Gasteiger partial charge in [0.2, 0.25) is 5.91 Å². The molecular weight excluding hydrogens is 400 g/mol. The van der Waals surface area contributed by atoms with Crippen molar-refractivity contribution in [3.63, 3.8) is 0 Å². The van der Waals surface area contributed by atoms with Crippen molar-refractivity contribution in [1.82, 2.24) is 5.32 Å². The number of hydrogen-bond acceptors (Lipinski definition) is 4. The maximum atomic E-state index is 12.9. The quantitative estimate of drug-likeness (QED) is 0.745. The second-order valence-corrected chi connectivity index (χ2v) is 10.9. The molecule has 0 radical (unpaired) electrons. The van der Waals surface area contributed by atoms with Crippen LogP contribution in [0.1, 0.15) is 63.5 Å². The highest BCUT2D eigenvalue weighted by Gasteiger charge is 2.53. The van der Waals surface area contributed by atoms with Gasteiger partial charge in [0.1, 0.15) is 5.75 Å². The molecule has 4 rings (SSSR count). The predicted octanol–water partition coefficient (Wildman–Crippen LogP) is 3.43. The number of nitrogens with two attached hydrogens (primary N) is 1. The first-order valence-corrected chi connectivity index (χ1v) is 12.4. The molecule has 1 amide bonds. The summed E-state index contributed by atoms with van der Waals surface area (Å²) in [4.78, 5) is 12.9. The van der Waals surface area contributed by atoms with Gasteiger partial charge in [-0.3, -0.25) is 4.79 Å². The number of nitrogens with one attached hydrogen (secondary N) is 1. The SMILES string of the molecule is CC(C)CNC(=O)C1=CCC2C3CCc4cc(OS(N)(=O)=O)ccc4C3CCC12C. The third-order valence-corrected chi connectivity index (χ3v) is 7.83. The zero-order valence-corrected chi connectivity index (χ0v) is 18.8. The van der Waals surface area contributed by atoms with Crippen molar-refractivity contribution in [3.05, 3.63) is 41.0 Å². The topological polar surface area (TPSA) is 98.5 Å². The lowest BCUT2D eigenvalue weighted by atomic mass is 9.54. The molecule has 0 bridgehead atoms. The predicted molar refractivity (Wildman–Crippen MR) is 116 cm³/mol. The van der Waals surface area contributed by atoms with Crippen LogP contribution in [-0.2, 0) is 21.5 Å². The molecule has 3 aliphatic carbocycles. The number of benzene rings is 1. The smallest absolute Gasteiger partial charge is 0.371 e. The first-order valence-electron chi connectivity index (χ1n) is 10.9. The Labute approximate surface area is 179 Å². The van der Waals surface area contributed by atoms with E-state index < -0.39 is 10.3 Å². The fraction of sp³-hybridized carbons (Fsp3) is 0.609. The highest BCUT2D eigenvalue weighted by atomic mass is 32.2. The van der Waals surface area contributed by atoms with E-state index in [4.69, 9.17) is 9.32 Å². The van der Waals surface area contributed by atoms with Gasteiger partial charge in [-0.05, 0) is 79.0 Å². The Kier molecular flexibility index (Phi) is 5.47. The highest BCUT2D eigenvalue weighted by molar-refractivity contribution is 7.84. The lowest BCUT2D eigenvalue weighted by molar-refractivity contribution is -0.119. The Morgan fingerprint density at radius 2 is 2.10 bits per heavy atom. The summed E-state index contributed by atoms with van der Waals surface area (Å²) in [7, 11) is -4.02. The molecule has 0 saturated heterocycles. The van der Waals surface area contributed by atoms with E-state index in [0.29, 0.717) is 30.2 Å².